The summed E-state index contributed by atoms with van der Waals surface area (Å²) in [5, 5.41) is 0. The van der Waals surface area contributed by atoms with Gasteiger partial charge < -0.3 is 14.7 Å². The van der Waals surface area contributed by atoms with Gasteiger partial charge in [0.05, 0.1) is 5.69 Å². The van der Waals surface area contributed by atoms with Gasteiger partial charge in [-0.3, -0.25) is 9.69 Å². The zero-order valence-electron chi connectivity index (χ0n) is 20.9. The highest BCUT2D eigenvalue weighted by Crippen LogP contribution is 2.23. The molecule has 3 aromatic rings. The Labute approximate surface area is 214 Å². The van der Waals surface area contributed by atoms with E-state index < -0.39 is 0 Å². The summed E-state index contributed by atoms with van der Waals surface area (Å²) >= 11 is 0. The van der Waals surface area contributed by atoms with Crippen molar-refractivity contribution in [3.8, 4) is 12.3 Å². The second kappa shape index (κ2) is 10.8. The zero-order valence-corrected chi connectivity index (χ0v) is 20.9. The first-order chi connectivity index (χ1) is 17.6. The molecule has 0 bridgehead atoms. The average molecular weight is 480 g/mol. The quantitative estimate of drug-likeness (QED) is 0.523. The molecule has 184 valence electrons. The van der Waals surface area contributed by atoms with E-state index in [1.54, 1.807) is 0 Å². The molecular weight excluding hydrogens is 446 g/mol. The summed E-state index contributed by atoms with van der Waals surface area (Å²) in [7, 11) is 0. The van der Waals surface area contributed by atoms with Crippen molar-refractivity contribution < 1.29 is 4.79 Å². The van der Waals surface area contributed by atoms with Crippen LogP contribution in [-0.4, -0.2) is 73.0 Å². The normalized spacial score (nSPS) is 16.6. The van der Waals surface area contributed by atoms with E-state index in [0.29, 0.717) is 13.1 Å². The molecule has 36 heavy (non-hydrogen) atoms. The predicted octanol–water partition coefficient (Wildman–Crippen LogP) is 3.66. The molecule has 2 saturated heterocycles. The lowest BCUT2D eigenvalue weighted by Crippen LogP contribution is -2.49. The van der Waals surface area contributed by atoms with Gasteiger partial charge >= 0.3 is 0 Å². The molecule has 6 nitrogen and oxygen atoms in total. The first-order valence-corrected chi connectivity index (χ1v) is 12.7. The molecule has 0 N–H and O–H groups in total. The highest BCUT2D eigenvalue weighted by molar-refractivity contribution is 5.96. The van der Waals surface area contributed by atoms with Crippen LogP contribution < -0.4 is 9.80 Å². The number of terminal acetylenes is 1. The number of anilines is 2. The smallest absolute Gasteiger partial charge is 0.254 e. The predicted molar refractivity (Wildman–Crippen MR) is 145 cm³/mol. The summed E-state index contributed by atoms with van der Waals surface area (Å²) in [5.74, 6) is 3.91. The van der Waals surface area contributed by atoms with E-state index in [0.717, 1.165) is 74.0 Å². The Morgan fingerprint density at radius 1 is 0.889 bits per heavy atom. The van der Waals surface area contributed by atoms with E-state index in [2.05, 4.69) is 49.9 Å². The maximum atomic E-state index is 13.4. The summed E-state index contributed by atoms with van der Waals surface area (Å²) in [6.45, 7) is 9.70. The summed E-state index contributed by atoms with van der Waals surface area (Å²) in [6.07, 6.45) is 7.52. The van der Waals surface area contributed by atoms with E-state index in [-0.39, 0.29) is 5.91 Å². The minimum Gasteiger partial charge on any atom is -0.368 e. The number of benzene rings is 2. The molecule has 1 amide bonds. The van der Waals surface area contributed by atoms with Crippen LogP contribution in [0.5, 0.6) is 0 Å². The Balaban J connectivity index is 1.19. The molecule has 2 aliphatic rings. The van der Waals surface area contributed by atoms with Crippen molar-refractivity contribution >= 4 is 17.4 Å². The van der Waals surface area contributed by atoms with Gasteiger partial charge in [0.25, 0.3) is 5.91 Å². The van der Waals surface area contributed by atoms with E-state index in [9.17, 15) is 4.79 Å². The van der Waals surface area contributed by atoms with Gasteiger partial charge in [-0.2, -0.15) is 0 Å². The monoisotopic (exact) mass is 479 g/mol. The molecule has 2 aromatic carbocycles. The number of aromatic nitrogens is 1. The molecule has 0 spiro atoms. The number of nitrogens with zero attached hydrogens (tertiary/aromatic N) is 5. The molecular formula is C30H33N5O. The van der Waals surface area contributed by atoms with Gasteiger partial charge in [0.2, 0.25) is 0 Å². The fourth-order valence-corrected chi connectivity index (χ4v) is 5.12. The van der Waals surface area contributed by atoms with Crippen LogP contribution in [0.2, 0.25) is 0 Å². The zero-order chi connectivity index (χ0) is 24.9. The second-order valence-corrected chi connectivity index (χ2v) is 9.54. The van der Waals surface area contributed by atoms with Gasteiger partial charge in [-0.15, -0.1) is 6.42 Å². The van der Waals surface area contributed by atoms with Crippen molar-refractivity contribution in [1.82, 2.24) is 14.8 Å². The third-order valence-electron chi connectivity index (χ3n) is 7.25. The lowest BCUT2D eigenvalue weighted by molar-refractivity contribution is 0.0745. The number of pyridine rings is 1. The minimum atomic E-state index is 0.130. The van der Waals surface area contributed by atoms with Crippen LogP contribution in [0.3, 0.4) is 0 Å². The van der Waals surface area contributed by atoms with Crippen LogP contribution in [0.15, 0.2) is 66.9 Å². The SMILES string of the molecule is C#Cc1ccccc1N1CCN(Cc2ccc(C)c(C(=O)N3CCN(c4ccccn4)CC3)c2)CC1. The van der Waals surface area contributed by atoms with Crippen LogP contribution >= 0.6 is 0 Å². The summed E-state index contributed by atoms with van der Waals surface area (Å²) in [6, 6.07) is 20.5. The number of amides is 1. The second-order valence-electron chi connectivity index (χ2n) is 9.54. The molecule has 0 radical (unpaired) electrons. The van der Waals surface area contributed by atoms with Gasteiger partial charge in [0, 0.05) is 76.2 Å². The number of aryl methyl sites for hydroxylation is 1. The summed E-state index contributed by atoms with van der Waals surface area (Å²) < 4.78 is 0. The van der Waals surface area contributed by atoms with Gasteiger partial charge in [0.15, 0.2) is 0 Å². The van der Waals surface area contributed by atoms with Crippen LogP contribution in [0.25, 0.3) is 0 Å². The molecule has 1 aromatic heterocycles. The number of para-hydroxylation sites is 1. The molecule has 3 heterocycles. The molecule has 0 aliphatic carbocycles. The van der Waals surface area contributed by atoms with Crippen molar-refractivity contribution in [2.75, 3.05) is 62.2 Å². The first-order valence-electron chi connectivity index (χ1n) is 12.7. The Morgan fingerprint density at radius 2 is 1.61 bits per heavy atom. The van der Waals surface area contributed by atoms with Crippen molar-refractivity contribution in [3.63, 3.8) is 0 Å². The van der Waals surface area contributed by atoms with Crippen LogP contribution in [0, 0.1) is 19.3 Å². The Morgan fingerprint density at radius 3 is 2.33 bits per heavy atom. The maximum Gasteiger partial charge on any atom is 0.254 e. The van der Waals surface area contributed by atoms with Crippen molar-refractivity contribution in [2.45, 2.75) is 13.5 Å². The van der Waals surface area contributed by atoms with Gasteiger partial charge in [-0.1, -0.05) is 36.3 Å². The lowest BCUT2D eigenvalue weighted by Gasteiger charge is -2.37. The fraction of sp³-hybridized carbons (Fsp3) is 0.333. The molecule has 6 heteroatoms. The average Bonchev–Trinajstić information content (AvgIpc) is 2.94. The molecule has 0 atom stereocenters. The lowest BCUT2D eigenvalue weighted by atomic mass is 10.0. The van der Waals surface area contributed by atoms with Crippen molar-refractivity contribution in [3.05, 3.63) is 89.1 Å². The summed E-state index contributed by atoms with van der Waals surface area (Å²) in [5.41, 5.74) is 5.14. The fourth-order valence-electron chi connectivity index (χ4n) is 5.12. The number of hydrogen-bond acceptors (Lipinski definition) is 5. The molecule has 5 rings (SSSR count). The first kappa shape index (κ1) is 23.9. The molecule has 2 aliphatic heterocycles. The highest BCUT2D eigenvalue weighted by atomic mass is 16.2. The van der Waals surface area contributed by atoms with Crippen molar-refractivity contribution in [2.24, 2.45) is 0 Å². The summed E-state index contributed by atoms with van der Waals surface area (Å²) in [4.78, 5) is 26.9. The van der Waals surface area contributed by atoms with E-state index >= 15 is 0 Å². The third kappa shape index (κ3) is 5.22. The number of rotatable bonds is 5. The van der Waals surface area contributed by atoms with E-state index in [1.807, 2.05) is 54.4 Å². The standard InChI is InChI=1S/C30H33N5O/c1-3-26-8-4-5-9-28(26)33-16-14-32(15-17-33)23-25-12-11-24(2)27(22-25)30(36)35-20-18-34(19-21-35)29-10-6-7-13-31-29/h1,4-13,22H,14-21,23H2,2H3. The topological polar surface area (TPSA) is 42.9 Å². The van der Waals surface area contributed by atoms with Gasteiger partial charge in [-0.25, -0.2) is 4.98 Å². The van der Waals surface area contributed by atoms with E-state index in [4.69, 9.17) is 6.42 Å². The van der Waals surface area contributed by atoms with Gasteiger partial charge in [-0.05, 0) is 48.4 Å². The van der Waals surface area contributed by atoms with Crippen LogP contribution in [0.1, 0.15) is 27.0 Å². The maximum absolute atomic E-state index is 13.4. The Hall–Kier alpha value is -3.82. The van der Waals surface area contributed by atoms with Crippen LogP contribution in [-0.2, 0) is 6.54 Å². The Bertz CT molecular complexity index is 1240. The molecule has 0 saturated carbocycles. The largest absolute Gasteiger partial charge is 0.368 e. The highest BCUT2D eigenvalue weighted by Gasteiger charge is 2.25. The van der Waals surface area contributed by atoms with Crippen molar-refractivity contribution in [1.29, 1.82) is 0 Å². The Kier molecular flexibility index (Phi) is 7.20. The number of hydrogen-bond donors (Lipinski definition) is 0. The minimum absolute atomic E-state index is 0.130. The number of carbonyl (C=O) groups excluding carboxylic acids is 1. The molecule has 0 unspecified atom stereocenters. The molecule has 2 fully saturated rings. The van der Waals surface area contributed by atoms with Gasteiger partial charge in [0.1, 0.15) is 5.82 Å². The van der Waals surface area contributed by atoms with E-state index in [1.165, 1.54) is 5.56 Å². The number of piperazine rings is 2. The van der Waals surface area contributed by atoms with Crippen LogP contribution in [0.4, 0.5) is 11.5 Å². The third-order valence-corrected chi connectivity index (χ3v) is 7.25. The number of carbonyl (C=O) groups is 1.